The lowest BCUT2D eigenvalue weighted by Gasteiger charge is -2.30. The molecule has 0 saturated carbocycles. The van der Waals surface area contributed by atoms with Crippen LogP contribution in [0.2, 0.25) is 0 Å². The van der Waals surface area contributed by atoms with Crippen LogP contribution in [0.1, 0.15) is 55.7 Å². The average molecular weight is 340 g/mol. The average Bonchev–Trinajstić information content (AvgIpc) is 3.20. The van der Waals surface area contributed by atoms with Crippen molar-refractivity contribution in [1.29, 1.82) is 0 Å². The van der Waals surface area contributed by atoms with Crippen molar-refractivity contribution in [2.24, 2.45) is 5.92 Å². The highest BCUT2D eigenvalue weighted by molar-refractivity contribution is 6.09. The van der Waals surface area contributed by atoms with Crippen molar-refractivity contribution >= 4 is 17.5 Å². The summed E-state index contributed by atoms with van der Waals surface area (Å²) in [5.41, 5.74) is 2.22. The second kappa shape index (κ2) is 6.13. The Labute approximate surface area is 147 Å². The van der Waals surface area contributed by atoms with Gasteiger partial charge in [-0.15, -0.1) is 0 Å². The van der Waals surface area contributed by atoms with Gasteiger partial charge >= 0.3 is 0 Å². The molecule has 0 unspecified atom stereocenters. The third-order valence-electron chi connectivity index (χ3n) is 5.13. The van der Waals surface area contributed by atoms with Gasteiger partial charge in [0.05, 0.1) is 29.7 Å². The normalized spacial score (nSPS) is 18.3. The predicted molar refractivity (Wildman–Crippen MR) is 95.8 cm³/mol. The number of piperidine rings is 1. The molecule has 25 heavy (non-hydrogen) atoms. The number of fused-ring (bicyclic) bond motifs is 1. The Morgan fingerprint density at radius 2 is 1.96 bits per heavy atom. The lowest BCUT2D eigenvalue weighted by atomic mass is 10.00. The van der Waals surface area contributed by atoms with Gasteiger partial charge in [-0.2, -0.15) is 5.10 Å². The highest BCUT2D eigenvalue weighted by Crippen LogP contribution is 2.29. The van der Waals surface area contributed by atoms with E-state index in [4.69, 9.17) is 4.98 Å². The number of aromatic nitrogens is 4. The molecule has 2 aliphatic rings. The van der Waals surface area contributed by atoms with Gasteiger partial charge in [0.2, 0.25) is 5.95 Å². The molecule has 2 aromatic heterocycles. The molecule has 132 valence electrons. The van der Waals surface area contributed by atoms with Gasteiger partial charge in [-0.25, -0.2) is 9.97 Å². The highest BCUT2D eigenvalue weighted by Gasteiger charge is 2.32. The number of hydrogen-bond acceptors (Lipinski definition) is 5. The van der Waals surface area contributed by atoms with Crippen molar-refractivity contribution in [3.05, 3.63) is 29.8 Å². The lowest BCUT2D eigenvalue weighted by molar-refractivity contribution is 0.0996. The van der Waals surface area contributed by atoms with E-state index in [9.17, 15) is 4.79 Å². The van der Waals surface area contributed by atoms with Crippen LogP contribution in [0.5, 0.6) is 0 Å². The third kappa shape index (κ3) is 2.88. The van der Waals surface area contributed by atoms with Crippen molar-refractivity contribution in [2.75, 3.05) is 22.9 Å². The van der Waals surface area contributed by atoms with Crippen molar-refractivity contribution in [2.45, 2.75) is 46.2 Å². The maximum atomic E-state index is 12.7. The van der Waals surface area contributed by atoms with Crippen molar-refractivity contribution in [3.63, 3.8) is 0 Å². The zero-order valence-electron chi connectivity index (χ0n) is 15.0. The first-order valence-corrected chi connectivity index (χ1v) is 9.00. The molecule has 1 amide bonds. The summed E-state index contributed by atoms with van der Waals surface area (Å²) in [5.74, 6) is 1.47. The number of anilines is 2. The number of amides is 1. The molecule has 4 rings (SSSR count). The van der Waals surface area contributed by atoms with Crippen molar-refractivity contribution < 1.29 is 4.79 Å². The number of hydrogen-bond donors (Lipinski definition) is 0. The molecule has 2 aliphatic heterocycles. The first-order chi connectivity index (χ1) is 12.0. The molecule has 0 aromatic carbocycles. The number of rotatable bonds is 3. The Morgan fingerprint density at radius 3 is 2.64 bits per heavy atom. The molecule has 0 aliphatic carbocycles. The Kier molecular flexibility index (Phi) is 3.94. The van der Waals surface area contributed by atoms with Crippen LogP contribution >= 0.6 is 0 Å². The Morgan fingerprint density at radius 1 is 1.20 bits per heavy atom. The standard InChI is InChI=1S/C18H24N6O/c1-12(2)24-10-14(8-20-24)23-11-16-15(17(23)25)9-19-18(21-16)22-6-4-13(3)5-7-22/h8-10,12-13H,4-7,11H2,1-3H3. The maximum absolute atomic E-state index is 12.7. The quantitative estimate of drug-likeness (QED) is 0.859. The molecule has 2 aromatic rings. The minimum Gasteiger partial charge on any atom is -0.341 e. The van der Waals surface area contributed by atoms with Crippen LogP contribution in [0.15, 0.2) is 18.6 Å². The van der Waals surface area contributed by atoms with Gasteiger partial charge in [-0.05, 0) is 32.6 Å². The van der Waals surface area contributed by atoms with E-state index in [1.54, 1.807) is 17.3 Å². The minimum absolute atomic E-state index is 0.0443. The van der Waals surface area contributed by atoms with Crippen molar-refractivity contribution in [1.82, 2.24) is 19.7 Å². The second-order valence-electron chi connectivity index (χ2n) is 7.36. The van der Waals surface area contributed by atoms with E-state index >= 15 is 0 Å². The summed E-state index contributed by atoms with van der Waals surface area (Å²) < 4.78 is 1.86. The van der Waals surface area contributed by atoms with Gasteiger partial charge in [0.1, 0.15) is 0 Å². The van der Waals surface area contributed by atoms with Crippen LogP contribution in [0.4, 0.5) is 11.6 Å². The number of nitrogens with zero attached hydrogens (tertiary/aromatic N) is 6. The van der Waals surface area contributed by atoms with Crippen LogP contribution in [0.3, 0.4) is 0 Å². The van der Waals surface area contributed by atoms with Gasteiger partial charge in [-0.3, -0.25) is 14.4 Å². The van der Waals surface area contributed by atoms with Gasteiger partial charge in [-0.1, -0.05) is 6.92 Å². The van der Waals surface area contributed by atoms with Gasteiger partial charge in [0.15, 0.2) is 0 Å². The fourth-order valence-electron chi connectivity index (χ4n) is 3.39. The van der Waals surface area contributed by atoms with Crippen LogP contribution in [0, 0.1) is 5.92 Å². The first-order valence-electron chi connectivity index (χ1n) is 9.00. The Bertz CT molecular complexity index is 791. The monoisotopic (exact) mass is 340 g/mol. The molecule has 4 heterocycles. The van der Waals surface area contributed by atoms with E-state index in [0.717, 1.165) is 36.3 Å². The molecule has 0 atom stereocenters. The minimum atomic E-state index is -0.0443. The number of carbonyl (C=O) groups excluding carboxylic acids is 1. The van der Waals surface area contributed by atoms with E-state index in [0.29, 0.717) is 12.1 Å². The molecular weight excluding hydrogens is 316 g/mol. The van der Waals surface area contributed by atoms with E-state index in [1.807, 2.05) is 10.9 Å². The zero-order chi connectivity index (χ0) is 17.6. The molecule has 0 N–H and O–H groups in total. The molecule has 0 bridgehead atoms. The van der Waals surface area contributed by atoms with Crippen LogP contribution in [0.25, 0.3) is 0 Å². The highest BCUT2D eigenvalue weighted by atomic mass is 16.2. The summed E-state index contributed by atoms with van der Waals surface area (Å²) in [5, 5.41) is 4.33. The summed E-state index contributed by atoms with van der Waals surface area (Å²) >= 11 is 0. The topological polar surface area (TPSA) is 67.2 Å². The maximum Gasteiger partial charge on any atom is 0.262 e. The molecular formula is C18H24N6O. The van der Waals surface area contributed by atoms with E-state index < -0.39 is 0 Å². The van der Waals surface area contributed by atoms with E-state index in [2.05, 4.69) is 35.8 Å². The van der Waals surface area contributed by atoms with Crippen LogP contribution < -0.4 is 9.80 Å². The summed E-state index contributed by atoms with van der Waals surface area (Å²) in [7, 11) is 0. The Balaban J connectivity index is 1.56. The van der Waals surface area contributed by atoms with Gasteiger partial charge in [0.25, 0.3) is 5.91 Å². The van der Waals surface area contributed by atoms with Crippen molar-refractivity contribution in [3.8, 4) is 0 Å². The van der Waals surface area contributed by atoms with Crippen LogP contribution in [-0.2, 0) is 6.54 Å². The summed E-state index contributed by atoms with van der Waals surface area (Å²) in [6, 6.07) is 0.265. The molecule has 1 fully saturated rings. The zero-order valence-corrected chi connectivity index (χ0v) is 15.0. The first kappa shape index (κ1) is 16.1. The van der Waals surface area contributed by atoms with Crippen LogP contribution in [-0.4, -0.2) is 38.7 Å². The van der Waals surface area contributed by atoms with E-state index in [1.165, 1.54) is 12.8 Å². The lowest BCUT2D eigenvalue weighted by Crippen LogP contribution is -2.34. The van der Waals surface area contributed by atoms with Gasteiger partial charge in [0, 0.05) is 31.5 Å². The second-order valence-corrected chi connectivity index (χ2v) is 7.36. The third-order valence-corrected chi connectivity index (χ3v) is 5.13. The van der Waals surface area contributed by atoms with E-state index in [-0.39, 0.29) is 11.9 Å². The smallest absolute Gasteiger partial charge is 0.262 e. The predicted octanol–water partition coefficient (Wildman–Crippen LogP) is 2.65. The summed E-state index contributed by atoms with van der Waals surface area (Å²) in [4.78, 5) is 25.8. The molecule has 0 radical (unpaired) electrons. The molecule has 1 saturated heterocycles. The number of carbonyl (C=O) groups is 1. The molecule has 0 spiro atoms. The molecule has 7 heteroatoms. The molecule has 7 nitrogen and oxygen atoms in total. The fourth-order valence-corrected chi connectivity index (χ4v) is 3.39. The largest absolute Gasteiger partial charge is 0.341 e. The Hall–Kier alpha value is -2.44. The summed E-state index contributed by atoms with van der Waals surface area (Å²) in [6.45, 7) is 8.87. The summed E-state index contributed by atoms with van der Waals surface area (Å²) in [6.07, 6.45) is 7.67. The fraction of sp³-hybridized carbons (Fsp3) is 0.556. The van der Waals surface area contributed by atoms with Gasteiger partial charge < -0.3 is 4.90 Å². The SMILES string of the molecule is CC1CCN(c2ncc3c(n2)CN(c2cnn(C(C)C)c2)C3=O)CC1.